The van der Waals surface area contributed by atoms with Gasteiger partial charge in [0.15, 0.2) is 5.65 Å². The SMILES string of the molecule is CC(=O)Oc1c(Cc2ccco2)nc2c(Cc3ccccc3C)nc(-c3ccccc3)cn12. The van der Waals surface area contributed by atoms with Crippen LogP contribution in [0.5, 0.6) is 5.88 Å². The second-order valence-corrected chi connectivity index (χ2v) is 7.95. The second kappa shape index (κ2) is 8.74. The highest BCUT2D eigenvalue weighted by molar-refractivity contribution is 5.70. The average molecular weight is 437 g/mol. The van der Waals surface area contributed by atoms with Gasteiger partial charge in [0.25, 0.3) is 0 Å². The van der Waals surface area contributed by atoms with Crippen LogP contribution in [0.3, 0.4) is 0 Å². The number of nitrogens with zero attached hydrogens (tertiary/aromatic N) is 3. The maximum Gasteiger partial charge on any atom is 0.309 e. The van der Waals surface area contributed by atoms with Crippen molar-refractivity contribution < 1.29 is 13.9 Å². The molecule has 0 aliphatic heterocycles. The molecule has 3 heterocycles. The minimum absolute atomic E-state index is 0.388. The molecule has 0 spiro atoms. The van der Waals surface area contributed by atoms with Crippen molar-refractivity contribution in [2.45, 2.75) is 26.7 Å². The molecule has 3 aromatic heterocycles. The molecule has 0 saturated carbocycles. The highest BCUT2D eigenvalue weighted by atomic mass is 16.5. The summed E-state index contributed by atoms with van der Waals surface area (Å²) in [7, 11) is 0. The standard InChI is InChI=1S/C27H23N3O3/c1-18-9-6-7-12-21(18)15-23-26-29-24(16-22-13-8-14-32-22)27(33-19(2)31)30(26)17-25(28-23)20-10-4-3-5-11-20/h3-14,17H,15-16H2,1-2H3. The molecule has 0 aliphatic carbocycles. The molecule has 0 unspecified atom stereocenters. The molecule has 0 amide bonds. The zero-order valence-corrected chi connectivity index (χ0v) is 18.5. The molecule has 164 valence electrons. The van der Waals surface area contributed by atoms with Crippen LogP contribution in [0.4, 0.5) is 0 Å². The molecule has 0 fully saturated rings. The maximum absolute atomic E-state index is 12.0. The fourth-order valence-corrected chi connectivity index (χ4v) is 3.93. The molecule has 33 heavy (non-hydrogen) atoms. The van der Waals surface area contributed by atoms with E-state index in [-0.39, 0.29) is 0 Å². The number of carbonyl (C=O) groups is 1. The number of benzene rings is 2. The third-order valence-corrected chi connectivity index (χ3v) is 5.55. The van der Waals surface area contributed by atoms with Crippen LogP contribution in [-0.2, 0) is 17.6 Å². The van der Waals surface area contributed by atoms with Crippen LogP contribution in [0, 0.1) is 6.92 Å². The number of aromatic nitrogens is 3. The zero-order valence-electron chi connectivity index (χ0n) is 18.5. The monoisotopic (exact) mass is 437 g/mol. The Labute approximate surface area is 191 Å². The number of imidazole rings is 1. The molecule has 0 aliphatic rings. The number of fused-ring (bicyclic) bond motifs is 1. The predicted octanol–water partition coefficient (Wildman–Crippen LogP) is 5.40. The molecule has 0 radical (unpaired) electrons. The van der Waals surface area contributed by atoms with Crippen molar-refractivity contribution in [2.75, 3.05) is 0 Å². The van der Waals surface area contributed by atoms with Crippen molar-refractivity contribution in [1.82, 2.24) is 14.4 Å². The number of esters is 1. The fourth-order valence-electron chi connectivity index (χ4n) is 3.93. The first-order valence-electron chi connectivity index (χ1n) is 10.8. The summed E-state index contributed by atoms with van der Waals surface area (Å²) in [5.74, 6) is 0.721. The first kappa shape index (κ1) is 20.7. The number of aryl methyl sites for hydroxylation is 1. The van der Waals surface area contributed by atoms with Gasteiger partial charge in [-0.05, 0) is 30.2 Å². The Morgan fingerprint density at radius 1 is 0.939 bits per heavy atom. The van der Waals surface area contributed by atoms with Crippen LogP contribution < -0.4 is 4.74 Å². The Morgan fingerprint density at radius 2 is 1.73 bits per heavy atom. The molecule has 0 N–H and O–H groups in total. The number of rotatable bonds is 6. The molecule has 0 atom stereocenters. The Morgan fingerprint density at radius 3 is 2.45 bits per heavy atom. The van der Waals surface area contributed by atoms with E-state index in [0.717, 1.165) is 22.7 Å². The van der Waals surface area contributed by atoms with Gasteiger partial charge in [0, 0.05) is 25.1 Å². The van der Waals surface area contributed by atoms with E-state index >= 15 is 0 Å². The van der Waals surface area contributed by atoms with E-state index in [1.54, 1.807) is 6.26 Å². The summed E-state index contributed by atoms with van der Waals surface area (Å²) in [6.07, 6.45) is 4.51. The third kappa shape index (κ3) is 4.28. The zero-order chi connectivity index (χ0) is 22.8. The largest absolute Gasteiger partial charge is 0.469 e. The lowest BCUT2D eigenvalue weighted by atomic mass is 10.0. The highest BCUT2D eigenvalue weighted by Crippen LogP contribution is 2.29. The van der Waals surface area contributed by atoms with Gasteiger partial charge in [0.2, 0.25) is 5.88 Å². The van der Waals surface area contributed by atoms with Crippen LogP contribution in [0.2, 0.25) is 0 Å². The smallest absolute Gasteiger partial charge is 0.309 e. The Balaban J connectivity index is 1.73. The summed E-state index contributed by atoms with van der Waals surface area (Å²) in [4.78, 5) is 21.8. The van der Waals surface area contributed by atoms with Crippen molar-refractivity contribution in [3.05, 3.63) is 107 Å². The third-order valence-electron chi connectivity index (χ3n) is 5.55. The lowest BCUT2D eigenvalue weighted by Crippen LogP contribution is -2.07. The molecular formula is C27H23N3O3. The average Bonchev–Trinajstić information content (AvgIpc) is 3.44. The Hall–Kier alpha value is -4.19. The molecule has 5 rings (SSSR count). The van der Waals surface area contributed by atoms with Gasteiger partial charge in [0.05, 0.1) is 24.1 Å². The summed E-state index contributed by atoms with van der Waals surface area (Å²) in [5, 5.41) is 0. The van der Waals surface area contributed by atoms with Crippen LogP contribution in [0.25, 0.3) is 16.9 Å². The van der Waals surface area contributed by atoms with Gasteiger partial charge in [0.1, 0.15) is 11.5 Å². The van der Waals surface area contributed by atoms with Gasteiger partial charge in [-0.25, -0.2) is 9.97 Å². The van der Waals surface area contributed by atoms with Crippen LogP contribution in [-0.4, -0.2) is 20.3 Å². The lowest BCUT2D eigenvalue weighted by molar-refractivity contribution is -0.132. The second-order valence-electron chi connectivity index (χ2n) is 7.95. The van der Waals surface area contributed by atoms with Gasteiger partial charge < -0.3 is 9.15 Å². The van der Waals surface area contributed by atoms with E-state index in [9.17, 15) is 4.79 Å². The normalized spacial score (nSPS) is 11.1. The van der Waals surface area contributed by atoms with Gasteiger partial charge in [-0.15, -0.1) is 0 Å². The molecule has 0 saturated heterocycles. The number of hydrogen-bond acceptors (Lipinski definition) is 5. The fraction of sp³-hybridized carbons (Fsp3) is 0.148. The van der Waals surface area contributed by atoms with Gasteiger partial charge in [-0.1, -0.05) is 54.6 Å². The molecular weight excluding hydrogens is 414 g/mol. The van der Waals surface area contributed by atoms with Crippen LogP contribution in [0.1, 0.15) is 35.2 Å². The highest BCUT2D eigenvalue weighted by Gasteiger charge is 2.21. The number of furan rings is 1. The van der Waals surface area contributed by atoms with Crippen molar-refractivity contribution in [3.8, 4) is 17.1 Å². The predicted molar refractivity (Wildman–Crippen MR) is 125 cm³/mol. The quantitative estimate of drug-likeness (QED) is 0.333. The maximum atomic E-state index is 12.0. The Bertz CT molecular complexity index is 1420. The lowest BCUT2D eigenvalue weighted by Gasteiger charge is -2.11. The first-order valence-corrected chi connectivity index (χ1v) is 10.8. The van der Waals surface area contributed by atoms with Gasteiger partial charge in [-0.3, -0.25) is 9.20 Å². The van der Waals surface area contributed by atoms with Crippen LogP contribution in [0.15, 0.2) is 83.6 Å². The molecule has 6 heteroatoms. The molecule has 2 aromatic carbocycles. The number of carbonyl (C=O) groups excluding carboxylic acids is 1. The number of ether oxygens (including phenoxy) is 1. The molecule has 0 bridgehead atoms. The van der Waals surface area contributed by atoms with Crippen molar-refractivity contribution in [2.24, 2.45) is 0 Å². The van der Waals surface area contributed by atoms with Crippen molar-refractivity contribution in [1.29, 1.82) is 0 Å². The van der Waals surface area contributed by atoms with E-state index < -0.39 is 5.97 Å². The van der Waals surface area contributed by atoms with E-state index in [2.05, 4.69) is 19.1 Å². The van der Waals surface area contributed by atoms with E-state index in [1.165, 1.54) is 18.1 Å². The van der Waals surface area contributed by atoms with Crippen molar-refractivity contribution in [3.63, 3.8) is 0 Å². The minimum atomic E-state index is -0.406. The van der Waals surface area contributed by atoms with E-state index in [1.807, 2.05) is 65.2 Å². The van der Waals surface area contributed by atoms with Gasteiger partial charge >= 0.3 is 5.97 Å². The van der Waals surface area contributed by atoms with Gasteiger partial charge in [-0.2, -0.15) is 0 Å². The van der Waals surface area contributed by atoms with E-state index in [0.29, 0.717) is 30.1 Å². The summed E-state index contributed by atoms with van der Waals surface area (Å²) >= 11 is 0. The first-order chi connectivity index (χ1) is 16.1. The minimum Gasteiger partial charge on any atom is -0.469 e. The molecule has 5 aromatic rings. The summed E-state index contributed by atoms with van der Waals surface area (Å²) in [6.45, 7) is 3.48. The number of hydrogen-bond donors (Lipinski definition) is 0. The summed E-state index contributed by atoms with van der Waals surface area (Å²) in [6, 6.07) is 21.9. The Kier molecular flexibility index (Phi) is 5.48. The topological polar surface area (TPSA) is 69.6 Å². The summed E-state index contributed by atoms with van der Waals surface area (Å²) < 4.78 is 13.0. The summed E-state index contributed by atoms with van der Waals surface area (Å²) in [5.41, 5.74) is 6.20. The van der Waals surface area contributed by atoms with Crippen molar-refractivity contribution >= 4 is 11.6 Å². The van der Waals surface area contributed by atoms with Crippen LogP contribution >= 0.6 is 0 Å². The molecule has 6 nitrogen and oxygen atoms in total. The van der Waals surface area contributed by atoms with E-state index in [4.69, 9.17) is 19.1 Å².